The van der Waals surface area contributed by atoms with Gasteiger partial charge in [0.2, 0.25) is 21.8 Å². The second-order valence-electron chi connectivity index (χ2n) is 8.99. The lowest BCUT2D eigenvalue weighted by Crippen LogP contribution is -2.49. The van der Waals surface area contributed by atoms with Gasteiger partial charge >= 0.3 is 6.18 Å². The molecule has 37 heavy (non-hydrogen) atoms. The van der Waals surface area contributed by atoms with Crippen LogP contribution < -0.4 is 9.62 Å². The molecule has 7 nitrogen and oxygen atoms in total. The van der Waals surface area contributed by atoms with Crippen LogP contribution in [0.25, 0.3) is 0 Å². The number of amides is 2. The quantitative estimate of drug-likeness (QED) is 0.426. The van der Waals surface area contributed by atoms with Gasteiger partial charge in [0, 0.05) is 25.6 Å². The van der Waals surface area contributed by atoms with Crippen molar-refractivity contribution in [2.75, 3.05) is 17.1 Å². The third kappa shape index (κ3) is 9.07. The van der Waals surface area contributed by atoms with Crippen LogP contribution in [0, 0.1) is 0 Å². The Morgan fingerprint density at radius 2 is 1.68 bits per heavy atom. The van der Waals surface area contributed by atoms with Crippen LogP contribution in [-0.2, 0) is 32.3 Å². The molecule has 0 aliphatic carbocycles. The maximum atomic E-state index is 13.2. The van der Waals surface area contributed by atoms with E-state index in [1.165, 1.54) is 11.0 Å². The van der Waals surface area contributed by atoms with Crippen LogP contribution in [0.4, 0.5) is 18.9 Å². The van der Waals surface area contributed by atoms with Crippen LogP contribution in [0.2, 0.25) is 0 Å². The van der Waals surface area contributed by atoms with Crippen molar-refractivity contribution in [3.8, 4) is 0 Å². The number of sulfonamides is 1. The standard InChI is InChI=1S/C26H34F3N3O4S/c1-5-19(2)30-25(34)20(3)31(18-21-11-7-6-8-12-21)24(33)15-10-16-32(37(4,35)36)23-14-9-13-22(17-23)26(27,28)29/h6-9,11-14,17,19-20H,5,10,15-16,18H2,1-4H3,(H,30,34)/t19-,20-/m1/s1. The molecule has 11 heteroatoms. The molecule has 204 valence electrons. The molecular formula is C26H34F3N3O4S. The predicted molar refractivity (Wildman–Crippen MR) is 137 cm³/mol. The van der Waals surface area contributed by atoms with Crippen LogP contribution >= 0.6 is 0 Å². The monoisotopic (exact) mass is 541 g/mol. The maximum Gasteiger partial charge on any atom is 0.416 e. The molecule has 0 aliphatic rings. The zero-order chi connectivity index (χ0) is 27.8. The van der Waals surface area contributed by atoms with Crippen molar-refractivity contribution in [3.63, 3.8) is 0 Å². The first-order chi connectivity index (χ1) is 17.2. The molecule has 0 aromatic heterocycles. The highest BCUT2D eigenvalue weighted by Crippen LogP contribution is 2.32. The number of nitrogens with one attached hydrogen (secondary N) is 1. The number of carbonyl (C=O) groups is 2. The Hall–Kier alpha value is -3.08. The van der Waals surface area contributed by atoms with Gasteiger partial charge in [-0.3, -0.25) is 13.9 Å². The number of nitrogens with zero attached hydrogens (tertiary/aromatic N) is 2. The van der Waals surface area contributed by atoms with Crippen LogP contribution in [-0.4, -0.2) is 50.0 Å². The van der Waals surface area contributed by atoms with E-state index in [0.717, 1.165) is 40.7 Å². The summed E-state index contributed by atoms with van der Waals surface area (Å²) in [5.74, 6) is -0.673. The zero-order valence-electron chi connectivity index (χ0n) is 21.5. The largest absolute Gasteiger partial charge is 0.416 e. The van der Waals surface area contributed by atoms with E-state index in [0.29, 0.717) is 0 Å². The van der Waals surface area contributed by atoms with Crippen LogP contribution in [0.1, 0.15) is 51.2 Å². The Kier molecular flexibility index (Phi) is 10.5. The topological polar surface area (TPSA) is 86.8 Å². The van der Waals surface area contributed by atoms with Gasteiger partial charge in [0.15, 0.2) is 0 Å². The van der Waals surface area contributed by atoms with Gasteiger partial charge in [-0.25, -0.2) is 8.42 Å². The summed E-state index contributed by atoms with van der Waals surface area (Å²) in [4.78, 5) is 27.4. The number of rotatable bonds is 12. The van der Waals surface area contributed by atoms with E-state index in [1.54, 1.807) is 6.92 Å². The maximum absolute atomic E-state index is 13.2. The lowest BCUT2D eigenvalue weighted by Gasteiger charge is -2.30. The van der Waals surface area contributed by atoms with Crippen LogP contribution in [0.5, 0.6) is 0 Å². The molecule has 2 amide bonds. The number of anilines is 1. The molecule has 2 atom stereocenters. The molecule has 0 unspecified atom stereocenters. The minimum atomic E-state index is -4.63. The summed E-state index contributed by atoms with van der Waals surface area (Å²) < 4.78 is 65.0. The minimum absolute atomic E-state index is 0.0488. The second kappa shape index (κ2) is 12.9. The lowest BCUT2D eigenvalue weighted by atomic mass is 10.1. The number of carbonyl (C=O) groups excluding carboxylic acids is 2. The van der Waals surface area contributed by atoms with Crippen LogP contribution in [0.3, 0.4) is 0 Å². The smallest absolute Gasteiger partial charge is 0.352 e. The van der Waals surface area contributed by atoms with Gasteiger partial charge in [0.25, 0.3) is 0 Å². The van der Waals surface area contributed by atoms with Gasteiger partial charge in [-0.05, 0) is 50.5 Å². The second-order valence-corrected chi connectivity index (χ2v) is 10.9. The highest BCUT2D eigenvalue weighted by atomic mass is 32.2. The minimum Gasteiger partial charge on any atom is -0.352 e. The third-order valence-electron chi connectivity index (χ3n) is 5.98. The summed E-state index contributed by atoms with van der Waals surface area (Å²) in [7, 11) is -3.92. The van der Waals surface area contributed by atoms with Gasteiger partial charge in [0.05, 0.1) is 17.5 Å². The average Bonchev–Trinajstić information content (AvgIpc) is 2.83. The normalized spacial score (nSPS) is 13.5. The van der Waals surface area contributed by atoms with E-state index in [-0.39, 0.29) is 49.5 Å². The first kappa shape index (κ1) is 30.1. The van der Waals surface area contributed by atoms with Crippen molar-refractivity contribution in [2.45, 2.75) is 64.8 Å². The molecule has 2 rings (SSSR count). The van der Waals surface area contributed by atoms with E-state index < -0.39 is 27.8 Å². The van der Waals surface area contributed by atoms with Gasteiger partial charge in [-0.15, -0.1) is 0 Å². The van der Waals surface area contributed by atoms with Crippen molar-refractivity contribution < 1.29 is 31.2 Å². The molecule has 0 saturated heterocycles. The molecule has 0 radical (unpaired) electrons. The molecular weight excluding hydrogens is 507 g/mol. The first-order valence-corrected chi connectivity index (χ1v) is 13.9. The zero-order valence-corrected chi connectivity index (χ0v) is 22.3. The van der Waals surface area contributed by atoms with Crippen molar-refractivity contribution in [1.29, 1.82) is 0 Å². The summed E-state index contributed by atoms with van der Waals surface area (Å²) in [6, 6.07) is 12.3. The molecule has 0 spiro atoms. The molecule has 0 bridgehead atoms. The van der Waals surface area contributed by atoms with Crippen molar-refractivity contribution >= 4 is 27.5 Å². The number of hydrogen-bond donors (Lipinski definition) is 1. The summed E-state index contributed by atoms with van der Waals surface area (Å²) in [5.41, 5.74) is -0.280. The number of alkyl halides is 3. The number of hydrogen-bond acceptors (Lipinski definition) is 4. The molecule has 2 aromatic carbocycles. The fraction of sp³-hybridized carbons (Fsp3) is 0.462. The Bertz CT molecular complexity index is 1160. The Morgan fingerprint density at radius 1 is 1.03 bits per heavy atom. The Labute approximate surface area is 216 Å². The fourth-order valence-corrected chi connectivity index (χ4v) is 4.63. The molecule has 2 aromatic rings. The number of benzene rings is 2. The summed E-state index contributed by atoms with van der Waals surface area (Å²) >= 11 is 0. The van der Waals surface area contributed by atoms with E-state index in [4.69, 9.17) is 0 Å². The summed E-state index contributed by atoms with van der Waals surface area (Å²) in [6.07, 6.45) is -3.05. The molecule has 0 saturated carbocycles. The highest BCUT2D eigenvalue weighted by molar-refractivity contribution is 7.92. The Balaban J connectivity index is 2.19. The molecule has 0 heterocycles. The fourth-order valence-electron chi connectivity index (χ4n) is 3.67. The van der Waals surface area contributed by atoms with E-state index in [9.17, 15) is 31.2 Å². The molecule has 0 aliphatic heterocycles. The number of halogens is 3. The molecule has 0 fully saturated rings. The van der Waals surface area contributed by atoms with E-state index in [1.807, 2.05) is 44.2 Å². The average molecular weight is 542 g/mol. The highest BCUT2D eigenvalue weighted by Gasteiger charge is 2.32. The third-order valence-corrected chi connectivity index (χ3v) is 7.17. The van der Waals surface area contributed by atoms with Gasteiger partial charge < -0.3 is 10.2 Å². The SMILES string of the molecule is CC[C@@H](C)NC(=O)[C@@H](C)N(Cc1ccccc1)C(=O)CCCN(c1cccc(C(F)(F)F)c1)S(C)(=O)=O. The lowest BCUT2D eigenvalue weighted by molar-refractivity contribution is -0.140. The van der Waals surface area contributed by atoms with Crippen LogP contribution in [0.15, 0.2) is 54.6 Å². The van der Waals surface area contributed by atoms with E-state index >= 15 is 0 Å². The summed E-state index contributed by atoms with van der Waals surface area (Å²) in [6.45, 7) is 5.41. The van der Waals surface area contributed by atoms with Crippen molar-refractivity contribution in [2.24, 2.45) is 0 Å². The van der Waals surface area contributed by atoms with Crippen molar-refractivity contribution in [1.82, 2.24) is 10.2 Å². The van der Waals surface area contributed by atoms with Gasteiger partial charge in [-0.1, -0.05) is 43.3 Å². The van der Waals surface area contributed by atoms with Gasteiger partial charge in [-0.2, -0.15) is 13.2 Å². The Morgan fingerprint density at radius 3 is 2.24 bits per heavy atom. The van der Waals surface area contributed by atoms with Crippen molar-refractivity contribution in [3.05, 3.63) is 65.7 Å². The van der Waals surface area contributed by atoms with E-state index in [2.05, 4.69) is 5.32 Å². The summed E-state index contributed by atoms with van der Waals surface area (Å²) in [5, 5.41) is 2.87. The first-order valence-electron chi connectivity index (χ1n) is 12.0. The van der Waals surface area contributed by atoms with Gasteiger partial charge in [0.1, 0.15) is 6.04 Å². The molecule has 1 N–H and O–H groups in total. The predicted octanol–water partition coefficient (Wildman–Crippen LogP) is 4.58.